The number of aliphatic hydroxyl groups excluding tert-OH is 2. The molecule has 3 aromatic rings. The Morgan fingerprint density at radius 3 is 2.23 bits per heavy atom. The molecule has 4 aliphatic carbocycles. The van der Waals surface area contributed by atoms with Gasteiger partial charge in [0.05, 0.1) is 24.9 Å². The lowest BCUT2D eigenvalue weighted by Gasteiger charge is -2.56. The number of hydrogen-bond acceptors (Lipinski definition) is 6. The highest BCUT2D eigenvalue weighted by Crippen LogP contribution is 2.55. The minimum absolute atomic E-state index is 0.00100. The molecular weight excluding hydrogens is 602 g/mol. The SMILES string of the molecule is O=C(NCc1cccc(-c2cccc([C@H]3O[C@@H](CN4CC[C@H](O)C4)C[C@@H](c4ccc(CO)cc4)O3)c2)c1)NC12CC3CC(CC(C3)C1)C2. The zero-order chi connectivity index (χ0) is 32.7. The number of ether oxygens (including phenoxy) is 2. The molecular formula is C40H49N3O5. The second kappa shape index (κ2) is 13.6. The first kappa shape index (κ1) is 32.0. The number of β-amino-alcohol motifs (C(OH)–C–C–N with tert-alkyl or cyclic N) is 1. The summed E-state index contributed by atoms with van der Waals surface area (Å²) in [6.07, 6.45) is 7.99. The number of hydrogen-bond donors (Lipinski definition) is 4. The van der Waals surface area contributed by atoms with Crippen LogP contribution in [-0.4, -0.2) is 58.5 Å². The zero-order valence-electron chi connectivity index (χ0n) is 27.7. The van der Waals surface area contributed by atoms with Gasteiger partial charge in [0.2, 0.25) is 0 Å². The van der Waals surface area contributed by atoms with Crippen LogP contribution < -0.4 is 10.6 Å². The van der Waals surface area contributed by atoms with Crippen LogP contribution in [0.5, 0.6) is 0 Å². The van der Waals surface area contributed by atoms with E-state index in [-0.39, 0.29) is 36.5 Å². The molecule has 3 aromatic carbocycles. The molecule has 6 aliphatic rings. The highest BCUT2D eigenvalue weighted by atomic mass is 16.7. The van der Waals surface area contributed by atoms with Crippen LogP contribution in [-0.2, 0) is 22.6 Å². The van der Waals surface area contributed by atoms with Crippen LogP contribution in [0.15, 0.2) is 72.8 Å². The minimum Gasteiger partial charge on any atom is -0.392 e. The van der Waals surface area contributed by atoms with E-state index < -0.39 is 6.29 Å². The maximum atomic E-state index is 13.1. The predicted octanol–water partition coefficient (Wildman–Crippen LogP) is 6.23. The van der Waals surface area contributed by atoms with Gasteiger partial charge < -0.3 is 30.3 Å². The van der Waals surface area contributed by atoms with Crippen LogP contribution in [0.3, 0.4) is 0 Å². The van der Waals surface area contributed by atoms with Crippen molar-refractivity contribution in [3.8, 4) is 11.1 Å². The Kier molecular flexibility index (Phi) is 9.03. The van der Waals surface area contributed by atoms with Gasteiger partial charge in [-0.2, -0.15) is 0 Å². The van der Waals surface area contributed by atoms with E-state index in [1.165, 1.54) is 19.3 Å². The monoisotopic (exact) mass is 651 g/mol. The van der Waals surface area contributed by atoms with Crippen molar-refractivity contribution in [3.05, 3.63) is 95.1 Å². The lowest BCUT2D eigenvalue weighted by molar-refractivity contribution is -0.252. The average molecular weight is 652 g/mol. The van der Waals surface area contributed by atoms with Gasteiger partial charge in [0.1, 0.15) is 0 Å². The Morgan fingerprint density at radius 2 is 1.54 bits per heavy atom. The molecule has 2 saturated heterocycles. The molecule has 254 valence electrons. The predicted molar refractivity (Wildman–Crippen MR) is 184 cm³/mol. The summed E-state index contributed by atoms with van der Waals surface area (Å²) in [7, 11) is 0. The molecule has 4 saturated carbocycles. The molecule has 0 unspecified atom stereocenters. The summed E-state index contributed by atoms with van der Waals surface area (Å²) in [5.41, 5.74) is 6.09. The largest absolute Gasteiger partial charge is 0.392 e. The number of aliphatic hydroxyl groups is 2. The summed E-state index contributed by atoms with van der Waals surface area (Å²) in [5, 5.41) is 26.2. The normalized spacial score (nSPS) is 32.8. The number of rotatable bonds is 9. The Balaban J connectivity index is 0.950. The Hall–Kier alpha value is -3.27. The van der Waals surface area contributed by atoms with Crippen LogP contribution in [0, 0.1) is 17.8 Å². The number of likely N-dealkylation sites (tertiary alicyclic amines) is 1. The average Bonchev–Trinajstić information content (AvgIpc) is 3.50. The van der Waals surface area contributed by atoms with Gasteiger partial charge in [-0.15, -0.1) is 0 Å². The Morgan fingerprint density at radius 1 is 0.833 bits per heavy atom. The molecule has 2 amide bonds. The van der Waals surface area contributed by atoms with Crippen LogP contribution >= 0.6 is 0 Å². The topological polar surface area (TPSA) is 103 Å². The van der Waals surface area contributed by atoms with Crippen LogP contribution in [0.25, 0.3) is 11.1 Å². The summed E-state index contributed by atoms with van der Waals surface area (Å²) in [4.78, 5) is 15.4. The standard InChI is InChI=1S/C40H49N3O5/c44-25-26-7-9-31(10-8-26)37-18-36(24-43-12-11-35(45)23-43)47-38(48-37)34-6-2-5-33(17-34)32-4-1-3-27(16-32)22-41-39(46)42-40-19-28-13-29(20-40)15-30(14-28)21-40/h1-10,16-17,28-30,35-38,44-45H,11-15,18-25H2,(H2,41,42,46)/t28?,29?,30?,35-,36+,37-,38-,40?/m0/s1. The number of carbonyl (C=O) groups is 1. The van der Waals surface area contributed by atoms with Gasteiger partial charge in [-0.1, -0.05) is 60.7 Å². The van der Waals surface area contributed by atoms with E-state index in [1.807, 2.05) is 30.3 Å². The number of urea groups is 1. The third-order valence-electron chi connectivity index (χ3n) is 11.6. The van der Waals surface area contributed by atoms with E-state index in [4.69, 9.17) is 9.47 Å². The molecule has 0 radical (unpaired) electrons. The molecule has 2 heterocycles. The van der Waals surface area contributed by atoms with E-state index >= 15 is 0 Å². The fourth-order valence-electron chi connectivity index (χ4n) is 9.76. The third-order valence-corrected chi connectivity index (χ3v) is 11.6. The van der Waals surface area contributed by atoms with Crippen molar-refractivity contribution < 1.29 is 24.5 Å². The van der Waals surface area contributed by atoms with Crippen molar-refractivity contribution in [1.82, 2.24) is 15.5 Å². The fourth-order valence-corrected chi connectivity index (χ4v) is 9.76. The Labute approximate surface area is 283 Å². The van der Waals surface area contributed by atoms with E-state index in [9.17, 15) is 15.0 Å². The van der Waals surface area contributed by atoms with Crippen molar-refractivity contribution in [2.45, 2.75) is 94.7 Å². The summed E-state index contributed by atoms with van der Waals surface area (Å²) in [6, 6.07) is 24.7. The second-order valence-electron chi connectivity index (χ2n) is 15.4. The first-order valence-electron chi connectivity index (χ1n) is 18.0. The number of amides is 2. The van der Waals surface area contributed by atoms with E-state index in [0.717, 1.165) is 89.9 Å². The van der Waals surface area contributed by atoms with Gasteiger partial charge >= 0.3 is 6.03 Å². The summed E-state index contributed by atoms with van der Waals surface area (Å²) in [6.45, 7) is 2.77. The van der Waals surface area contributed by atoms with Gasteiger partial charge in [0.25, 0.3) is 0 Å². The lowest BCUT2D eigenvalue weighted by atomic mass is 9.53. The molecule has 0 spiro atoms. The third kappa shape index (κ3) is 7.05. The zero-order valence-corrected chi connectivity index (χ0v) is 27.7. The number of carbonyl (C=O) groups excluding carboxylic acids is 1. The fraction of sp³-hybridized carbons (Fsp3) is 0.525. The van der Waals surface area contributed by atoms with Gasteiger partial charge in [0, 0.05) is 43.7 Å². The molecule has 8 heteroatoms. The second-order valence-corrected chi connectivity index (χ2v) is 15.4. The molecule has 4 N–H and O–H groups in total. The molecule has 2 aliphatic heterocycles. The van der Waals surface area contributed by atoms with Crippen LogP contribution in [0.2, 0.25) is 0 Å². The van der Waals surface area contributed by atoms with Gasteiger partial charge in [-0.3, -0.25) is 4.90 Å². The molecule has 4 atom stereocenters. The van der Waals surface area contributed by atoms with Crippen LogP contribution in [0.1, 0.15) is 86.0 Å². The van der Waals surface area contributed by atoms with E-state index in [1.54, 1.807) is 0 Å². The highest BCUT2D eigenvalue weighted by Gasteiger charge is 2.51. The maximum absolute atomic E-state index is 13.1. The van der Waals surface area contributed by atoms with Crippen molar-refractivity contribution in [1.29, 1.82) is 0 Å². The molecule has 8 nitrogen and oxygen atoms in total. The molecule has 0 aromatic heterocycles. The Bertz CT molecular complexity index is 1560. The van der Waals surface area contributed by atoms with Gasteiger partial charge in [-0.05, 0) is 103 Å². The smallest absolute Gasteiger partial charge is 0.315 e. The molecule has 9 rings (SSSR count). The molecule has 6 fully saturated rings. The summed E-state index contributed by atoms with van der Waals surface area (Å²) < 4.78 is 13.2. The first-order valence-corrected chi connectivity index (χ1v) is 18.0. The highest BCUT2D eigenvalue weighted by molar-refractivity contribution is 5.75. The molecule has 4 bridgehead atoms. The van der Waals surface area contributed by atoms with Gasteiger partial charge in [0.15, 0.2) is 6.29 Å². The van der Waals surface area contributed by atoms with Gasteiger partial charge in [-0.25, -0.2) is 4.79 Å². The summed E-state index contributed by atoms with van der Waals surface area (Å²) >= 11 is 0. The number of nitrogens with zero attached hydrogens (tertiary/aromatic N) is 1. The minimum atomic E-state index is -0.545. The lowest BCUT2D eigenvalue weighted by Crippen LogP contribution is -2.61. The number of nitrogens with one attached hydrogen (secondary N) is 2. The van der Waals surface area contributed by atoms with Crippen molar-refractivity contribution in [3.63, 3.8) is 0 Å². The maximum Gasteiger partial charge on any atom is 0.315 e. The first-order chi connectivity index (χ1) is 23.4. The van der Waals surface area contributed by atoms with Crippen molar-refractivity contribution in [2.24, 2.45) is 17.8 Å². The van der Waals surface area contributed by atoms with Crippen molar-refractivity contribution in [2.75, 3.05) is 19.6 Å². The molecule has 48 heavy (non-hydrogen) atoms. The quantitative estimate of drug-likeness (QED) is 0.219. The van der Waals surface area contributed by atoms with Crippen LogP contribution in [0.4, 0.5) is 4.79 Å². The van der Waals surface area contributed by atoms with E-state index in [0.29, 0.717) is 19.5 Å². The van der Waals surface area contributed by atoms with E-state index in [2.05, 4.69) is 58.0 Å². The number of benzene rings is 3. The van der Waals surface area contributed by atoms with Crippen molar-refractivity contribution >= 4 is 6.03 Å². The summed E-state index contributed by atoms with van der Waals surface area (Å²) in [5.74, 6) is 2.38.